The van der Waals surface area contributed by atoms with Gasteiger partial charge in [-0.2, -0.15) is 0 Å². The lowest BCUT2D eigenvalue weighted by Gasteiger charge is -2.47. The summed E-state index contributed by atoms with van der Waals surface area (Å²) >= 11 is 0. The summed E-state index contributed by atoms with van der Waals surface area (Å²) in [6.45, 7) is -0.0200. The minimum Gasteiger partial charge on any atom is -0.394 e. The number of aliphatic hydroxyl groups is 10. The average molecular weight is 488 g/mol. The molecule has 3 aliphatic rings. The molecule has 15 atom stereocenters. The lowest BCUT2D eigenvalue weighted by Crippen LogP contribution is -2.65. The maximum Gasteiger partial charge on any atom is 0.187 e. The van der Waals surface area contributed by atoms with Gasteiger partial charge < -0.3 is 74.7 Å². The molecule has 15 nitrogen and oxygen atoms in total. The number of hydrogen-bond acceptors (Lipinski definition) is 15. The van der Waals surface area contributed by atoms with E-state index < -0.39 is 105 Å². The molecule has 0 saturated carbocycles. The Balaban J connectivity index is 1.72. The van der Waals surface area contributed by atoms with Gasteiger partial charge in [0, 0.05) is 0 Å². The summed E-state index contributed by atoms with van der Waals surface area (Å²) in [5.41, 5.74) is 0. The predicted molar refractivity (Wildman–Crippen MR) is 99.8 cm³/mol. The van der Waals surface area contributed by atoms with Gasteiger partial charge in [0.05, 0.1) is 19.3 Å². The number of rotatable bonds is 6. The average Bonchev–Trinajstić information content (AvgIpc) is 2.79. The summed E-state index contributed by atoms with van der Waals surface area (Å²) in [5, 5.41) is 99.5. The SMILES string of the molecule is C[C@@H]1OC(O)[C@H](O[C@@H]2O[C@H](CO)[C@@H](O)[C@H](O)[C@H]2O)[C@H](O)[C@H]1O[C@H]1O[C@H](CO)[C@H](O)[C@H](O)[C@H]1O. The van der Waals surface area contributed by atoms with E-state index >= 15 is 0 Å². The molecule has 33 heavy (non-hydrogen) atoms. The minimum absolute atomic E-state index is 0.703. The lowest BCUT2D eigenvalue weighted by atomic mass is 9.96. The van der Waals surface area contributed by atoms with Crippen molar-refractivity contribution >= 4 is 0 Å². The van der Waals surface area contributed by atoms with Gasteiger partial charge in [0.15, 0.2) is 18.9 Å². The molecular formula is C18H32O15. The second-order valence-corrected chi connectivity index (χ2v) is 8.32. The summed E-state index contributed by atoms with van der Waals surface area (Å²) in [5.74, 6) is 0. The van der Waals surface area contributed by atoms with Gasteiger partial charge in [0.1, 0.15) is 67.1 Å². The first-order chi connectivity index (χ1) is 15.5. The van der Waals surface area contributed by atoms with Crippen molar-refractivity contribution in [1.29, 1.82) is 0 Å². The number of hydrogen-bond donors (Lipinski definition) is 10. The van der Waals surface area contributed by atoms with Crippen LogP contribution in [0.1, 0.15) is 6.92 Å². The predicted octanol–water partition coefficient (Wildman–Crippen LogP) is -6.55. The van der Waals surface area contributed by atoms with Gasteiger partial charge in [0.25, 0.3) is 0 Å². The van der Waals surface area contributed by atoms with Crippen LogP contribution >= 0.6 is 0 Å². The van der Waals surface area contributed by atoms with Crippen LogP contribution in [-0.2, 0) is 23.7 Å². The second kappa shape index (κ2) is 11.0. The van der Waals surface area contributed by atoms with Gasteiger partial charge in [-0.15, -0.1) is 0 Å². The zero-order valence-corrected chi connectivity index (χ0v) is 17.6. The molecule has 0 radical (unpaired) electrons. The summed E-state index contributed by atoms with van der Waals surface area (Å²) in [6.07, 6.45) is -23.7. The van der Waals surface area contributed by atoms with Crippen LogP contribution < -0.4 is 0 Å². The Kier molecular flexibility index (Phi) is 8.99. The van der Waals surface area contributed by atoms with E-state index in [1.165, 1.54) is 6.92 Å². The molecule has 3 heterocycles. The van der Waals surface area contributed by atoms with Crippen LogP contribution in [-0.4, -0.2) is 156 Å². The van der Waals surface area contributed by atoms with Crippen molar-refractivity contribution in [1.82, 2.24) is 0 Å². The van der Waals surface area contributed by atoms with Crippen molar-refractivity contribution in [3.05, 3.63) is 0 Å². The van der Waals surface area contributed by atoms with Gasteiger partial charge in [0.2, 0.25) is 0 Å². The van der Waals surface area contributed by atoms with E-state index in [4.69, 9.17) is 23.7 Å². The highest BCUT2D eigenvalue weighted by molar-refractivity contribution is 4.95. The monoisotopic (exact) mass is 488 g/mol. The van der Waals surface area contributed by atoms with Gasteiger partial charge in [-0.25, -0.2) is 0 Å². The summed E-state index contributed by atoms with van der Waals surface area (Å²) in [4.78, 5) is 0. The third-order valence-corrected chi connectivity index (χ3v) is 6.05. The van der Waals surface area contributed by atoms with Gasteiger partial charge in [-0.1, -0.05) is 0 Å². The van der Waals surface area contributed by atoms with Crippen molar-refractivity contribution in [2.75, 3.05) is 13.2 Å². The molecule has 1 unspecified atom stereocenters. The van der Waals surface area contributed by atoms with Crippen molar-refractivity contribution in [3.63, 3.8) is 0 Å². The van der Waals surface area contributed by atoms with Crippen molar-refractivity contribution in [2.24, 2.45) is 0 Å². The molecule has 3 aliphatic heterocycles. The van der Waals surface area contributed by atoms with Gasteiger partial charge in [-0.3, -0.25) is 0 Å². The van der Waals surface area contributed by atoms with Crippen molar-refractivity contribution in [2.45, 2.75) is 99.0 Å². The van der Waals surface area contributed by atoms with Crippen LogP contribution in [0.3, 0.4) is 0 Å². The fourth-order valence-corrected chi connectivity index (χ4v) is 4.02. The van der Waals surface area contributed by atoms with E-state index in [0.717, 1.165) is 0 Å². The van der Waals surface area contributed by atoms with Crippen LogP contribution in [0.4, 0.5) is 0 Å². The minimum atomic E-state index is -1.81. The molecular weight excluding hydrogens is 456 g/mol. The first-order valence-corrected chi connectivity index (χ1v) is 10.4. The Morgan fingerprint density at radius 1 is 0.545 bits per heavy atom. The summed E-state index contributed by atoms with van der Waals surface area (Å²) in [6, 6.07) is 0. The fourth-order valence-electron chi connectivity index (χ4n) is 4.02. The Bertz CT molecular complexity index is 572. The van der Waals surface area contributed by atoms with Crippen LogP contribution in [0.5, 0.6) is 0 Å². The third-order valence-electron chi connectivity index (χ3n) is 6.05. The standard InChI is InChI=1S/C18H32O15/c1-4-14(32-17-11(25)9(23)7(21)5(2-19)30-17)13(27)15(16(28)29-4)33-18-12(26)10(24)8(22)6(3-20)31-18/h4-28H,2-3H2,1H3/t4-,5+,6+,7-,8+,9-,10-,11+,12+,13+,14-,15+,16?,17+,18-/m0/s1. The van der Waals surface area contributed by atoms with Crippen LogP contribution in [0.25, 0.3) is 0 Å². The largest absolute Gasteiger partial charge is 0.394 e. The van der Waals surface area contributed by atoms with E-state index in [2.05, 4.69) is 0 Å². The van der Waals surface area contributed by atoms with Crippen LogP contribution in [0.2, 0.25) is 0 Å². The smallest absolute Gasteiger partial charge is 0.187 e. The molecule has 0 amide bonds. The Morgan fingerprint density at radius 2 is 0.970 bits per heavy atom. The number of ether oxygens (including phenoxy) is 5. The lowest BCUT2D eigenvalue weighted by molar-refractivity contribution is -0.379. The first kappa shape index (κ1) is 27.0. The molecule has 0 spiro atoms. The highest BCUT2D eigenvalue weighted by atomic mass is 16.8. The molecule has 3 fully saturated rings. The molecule has 3 saturated heterocycles. The molecule has 0 aliphatic carbocycles. The van der Waals surface area contributed by atoms with Crippen LogP contribution in [0.15, 0.2) is 0 Å². The van der Waals surface area contributed by atoms with Gasteiger partial charge in [-0.05, 0) is 6.92 Å². The molecule has 3 rings (SSSR count). The Hall–Kier alpha value is -0.600. The normalized spacial score (nSPS) is 53.7. The molecule has 10 N–H and O–H groups in total. The molecule has 194 valence electrons. The van der Waals surface area contributed by atoms with Crippen LogP contribution in [0, 0.1) is 0 Å². The second-order valence-electron chi connectivity index (χ2n) is 8.32. The fraction of sp³-hybridized carbons (Fsp3) is 1.00. The highest BCUT2D eigenvalue weighted by Crippen LogP contribution is 2.32. The zero-order valence-electron chi connectivity index (χ0n) is 17.6. The first-order valence-electron chi connectivity index (χ1n) is 10.4. The number of aliphatic hydroxyl groups excluding tert-OH is 10. The van der Waals surface area contributed by atoms with Crippen molar-refractivity contribution in [3.8, 4) is 0 Å². The molecule has 15 heteroatoms. The maximum absolute atomic E-state index is 10.8. The third kappa shape index (κ3) is 5.32. The van der Waals surface area contributed by atoms with E-state index in [9.17, 15) is 51.1 Å². The van der Waals surface area contributed by atoms with E-state index in [0.29, 0.717) is 0 Å². The molecule has 0 aromatic carbocycles. The Morgan fingerprint density at radius 3 is 1.39 bits per heavy atom. The molecule has 0 aromatic rings. The quantitative estimate of drug-likeness (QED) is 0.167. The maximum atomic E-state index is 10.8. The molecule has 0 bridgehead atoms. The van der Waals surface area contributed by atoms with Crippen molar-refractivity contribution < 1.29 is 74.7 Å². The highest BCUT2D eigenvalue weighted by Gasteiger charge is 2.52. The van der Waals surface area contributed by atoms with Gasteiger partial charge >= 0.3 is 0 Å². The summed E-state index contributed by atoms with van der Waals surface area (Å²) in [7, 11) is 0. The van der Waals surface area contributed by atoms with E-state index in [1.807, 2.05) is 0 Å². The Labute approximate surface area is 187 Å². The molecule has 0 aromatic heterocycles. The van der Waals surface area contributed by atoms with E-state index in [-0.39, 0.29) is 0 Å². The summed E-state index contributed by atoms with van der Waals surface area (Å²) < 4.78 is 26.7. The van der Waals surface area contributed by atoms with E-state index in [1.54, 1.807) is 0 Å². The topological polar surface area (TPSA) is 248 Å². The zero-order chi connectivity index (χ0) is 24.6.